The molecule has 0 atom stereocenters. The summed E-state index contributed by atoms with van der Waals surface area (Å²) in [4.78, 5) is 0.468. The molecule has 0 saturated heterocycles. The van der Waals surface area contributed by atoms with Crippen molar-refractivity contribution < 1.29 is 9.50 Å². The van der Waals surface area contributed by atoms with Gasteiger partial charge in [-0.1, -0.05) is 0 Å². The standard InChI is InChI=1S/C9H4FNOS/c10-5-1-8(12)7-3-6(4-11)13-9(7)2-5/h1-3,12H. The Morgan fingerprint density at radius 1 is 1.38 bits per heavy atom. The van der Waals surface area contributed by atoms with Gasteiger partial charge in [0, 0.05) is 16.2 Å². The molecule has 0 aliphatic heterocycles. The van der Waals surface area contributed by atoms with Gasteiger partial charge in [0.2, 0.25) is 0 Å². The predicted octanol–water partition coefficient (Wildman–Crippen LogP) is 2.62. The van der Waals surface area contributed by atoms with E-state index in [1.807, 2.05) is 6.07 Å². The van der Waals surface area contributed by atoms with Gasteiger partial charge in [0.25, 0.3) is 0 Å². The highest BCUT2D eigenvalue weighted by atomic mass is 32.1. The molecule has 1 aromatic heterocycles. The molecule has 2 aromatic rings. The summed E-state index contributed by atoms with van der Waals surface area (Å²) in [6, 6.07) is 5.84. The quantitative estimate of drug-likeness (QED) is 0.698. The van der Waals surface area contributed by atoms with Crippen LogP contribution in [0.3, 0.4) is 0 Å². The van der Waals surface area contributed by atoms with Gasteiger partial charge < -0.3 is 5.11 Å². The summed E-state index contributed by atoms with van der Waals surface area (Å²) in [6.45, 7) is 0. The maximum Gasteiger partial charge on any atom is 0.128 e. The Hall–Kier alpha value is -1.60. The highest BCUT2D eigenvalue weighted by Crippen LogP contribution is 2.32. The molecule has 2 rings (SSSR count). The zero-order valence-corrected chi connectivity index (χ0v) is 7.23. The molecule has 1 aromatic carbocycles. The first kappa shape index (κ1) is 8.02. The number of phenolic OH excluding ortho intramolecular Hbond substituents is 1. The maximum atomic E-state index is 12.8. The number of nitrogens with zero attached hydrogens (tertiary/aromatic N) is 1. The fourth-order valence-electron chi connectivity index (χ4n) is 1.14. The minimum Gasteiger partial charge on any atom is -0.507 e. The highest BCUT2D eigenvalue weighted by Gasteiger charge is 2.07. The first-order chi connectivity index (χ1) is 6.20. The molecule has 0 amide bonds. The predicted molar refractivity (Wildman–Crippen MR) is 48.2 cm³/mol. The van der Waals surface area contributed by atoms with Crippen LogP contribution in [0.2, 0.25) is 0 Å². The van der Waals surface area contributed by atoms with E-state index in [1.165, 1.54) is 6.07 Å². The number of nitriles is 1. The van der Waals surface area contributed by atoms with Crippen molar-refractivity contribution in [3.63, 3.8) is 0 Å². The molecule has 0 radical (unpaired) electrons. The number of thiophene rings is 1. The molecule has 2 nitrogen and oxygen atoms in total. The lowest BCUT2D eigenvalue weighted by Gasteiger charge is -1.93. The smallest absolute Gasteiger partial charge is 0.128 e. The van der Waals surface area contributed by atoms with Crippen LogP contribution in [0.4, 0.5) is 4.39 Å². The first-order valence-electron chi connectivity index (χ1n) is 3.53. The molecular weight excluding hydrogens is 189 g/mol. The van der Waals surface area contributed by atoms with E-state index in [9.17, 15) is 9.50 Å². The Kier molecular flexibility index (Phi) is 1.67. The van der Waals surface area contributed by atoms with Gasteiger partial charge in [0.05, 0.1) is 0 Å². The lowest BCUT2D eigenvalue weighted by molar-refractivity contribution is 0.476. The number of rotatable bonds is 0. The van der Waals surface area contributed by atoms with Gasteiger partial charge in [-0.3, -0.25) is 0 Å². The van der Waals surface area contributed by atoms with Crippen molar-refractivity contribution in [1.29, 1.82) is 5.26 Å². The van der Waals surface area contributed by atoms with E-state index < -0.39 is 5.82 Å². The second-order valence-electron chi connectivity index (χ2n) is 2.56. The fraction of sp³-hybridized carbons (Fsp3) is 0. The van der Waals surface area contributed by atoms with E-state index in [0.717, 1.165) is 17.4 Å². The summed E-state index contributed by atoms with van der Waals surface area (Å²) in [6.07, 6.45) is 0. The molecule has 1 N–H and O–H groups in total. The minimum absolute atomic E-state index is 0.118. The third-order valence-corrected chi connectivity index (χ3v) is 2.68. The lowest BCUT2D eigenvalue weighted by Crippen LogP contribution is -1.72. The molecule has 0 bridgehead atoms. The average molecular weight is 193 g/mol. The van der Waals surface area contributed by atoms with Crippen molar-refractivity contribution >= 4 is 21.4 Å². The fourth-order valence-corrected chi connectivity index (χ4v) is 2.05. The van der Waals surface area contributed by atoms with Gasteiger partial charge >= 0.3 is 0 Å². The summed E-state index contributed by atoms with van der Waals surface area (Å²) in [5, 5.41) is 18.4. The van der Waals surface area contributed by atoms with Crippen molar-refractivity contribution in [1.82, 2.24) is 0 Å². The maximum absolute atomic E-state index is 12.8. The third kappa shape index (κ3) is 1.23. The number of hydrogen-bond acceptors (Lipinski definition) is 3. The van der Waals surface area contributed by atoms with Crippen molar-refractivity contribution in [3.05, 3.63) is 28.9 Å². The van der Waals surface area contributed by atoms with E-state index in [4.69, 9.17) is 5.26 Å². The number of benzene rings is 1. The van der Waals surface area contributed by atoms with Crippen LogP contribution in [0.25, 0.3) is 10.1 Å². The molecule has 64 valence electrons. The van der Waals surface area contributed by atoms with Gasteiger partial charge in [-0.2, -0.15) is 5.26 Å². The van der Waals surface area contributed by atoms with Crippen LogP contribution in [0.5, 0.6) is 5.75 Å². The molecule has 0 fully saturated rings. The minimum atomic E-state index is -0.490. The van der Waals surface area contributed by atoms with Gasteiger partial charge in [0.1, 0.15) is 22.5 Å². The third-order valence-electron chi connectivity index (χ3n) is 1.69. The summed E-state index contributed by atoms with van der Waals surface area (Å²) < 4.78 is 13.4. The van der Waals surface area contributed by atoms with Crippen LogP contribution in [0.1, 0.15) is 4.88 Å². The van der Waals surface area contributed by atoms with E-state index in [2.05, 4.69) is 0 Å². The molecule has 0 aliphatic rings. The molecule has 0 saturated carbocycles. The van der Waals surface area contributed by atoms with Crippen LogP contribution < -0.4 is 0 Å². The van der Waals surface area contributed by atoms with Crippen molar-refractivity contribution in [2.24, 2.45) is 0 Å². The normalized spacial score (nSPS) is 10.2. The number of aromatic hydroxyl groups is 1. The molecule has 13 heavy (non-hydrogen) atoms. The second kappa shape index (κ2) is 2.71. The number of hydrogen-bond donors (Lipinski definition) is 1. The van der Waals surface area contributed by atoms with Gasteiger partial charge in [-0.15, -0.1) is 11.3 Å². The zero-order chi connectivity index (χ0) is 9.42. The SMILES string of the molecule is N#Cc1cc2c(O)cc(F)cc2s1. The van der Waals surface area contributed by atoms with Crippen LogP contribution in [0.15, 0.2) is 18.2 Å². The molecule has 4 heteroatoms. The number of halogens is 1. The molecule has 0 unspecified atom stereocenters. The van der Waals surface area contributed by atoms with Crippen molar-refractivity contribution in [2.45, 2.75) is 0 Å². The molecular formula is C9H4FNOS. The van der Waals surface area contributed by atoms with Gasteiger partial charge in [0.15, 0.2) is 0 Å². The van der Waals surface area contributed by atoms with Crippen molar-refractivity contribution in [3.8, 4) is 11.8 Å². The van der Waals surface area contributed by atoms with Crippen molar-refractivity contribution in [2.75, 3.05) is 0 Å². The summed E-state index contributed by atoms with van der Waals surface area (Å²) >= 11 is 1.16. The summed E-state index contributed by atoms with van der Waals surface area (Å²) in [5.74, 6) is -0.607. The van der Waals surface area contributed by atoms with Crippen LogP contribution >= 0.6 is 11.3 Å². The monoisotopic (exact) mass is 193 g/mol. The average Bonchev–Trinajstić information content (AvgIpc) is 2.47. The number of phenols is 1. The van der Waals surface area contributed by atoms with Crippen LogP contribution in [-0.4, -0.2) is 5.11 Å². The van der Waals surface area contributed by atoms with Crippen LogP contribution in [0, 0.1) is 17.1 Å². The Morgan fingerprint density at radius 2 is 2.15 bits per heavy atom. The Morgan fingerprint density at radius 3 is 2.85 bits per heavy atom. The largest absolute Gasteiger partial charge is 0.507 e. The summed E-state index contributed by atoms with van der Waals surface area (Å²) in [5.41, 5.74) is 0. The highest BCUT2D eigenvalue weighted by molar-refractivity contribution is 7.19. The van der Waals surface area contributed by atoms with Crippen LogP contribution in [-0.2, 0) is 0 Å². The Balaban J connectivity index is 2.84. The second-order valence-corrected chi connectivity index (χ2v) is 3.64. The lowest BCUT2D eigenvalue weighted by atomic mass is 10.2. The van der Waals surface area contributed by atoms with E-state index in [1.54, 1.807) is 6.07 Å². The van der Waals surface area contributed by atoms with Gasteiger partial charge in [-0.25, -0.2) is 4.39 Å². The molecule has 0 spiro atoms. The number of fused-ring (bicyclic) bond motifs is 1. The van der Waals surface area contributed by atoms with E-state index in [0.29, 0.717) is 15.0 Å². The van der Waals surface area contributed by atoms with Gasteiger partial charge in [-0.05, 0) is 12.1 Å². The summed E-state index contributed by atoms with van der Waals surface area (Å²) in [7, 11) is 0. The van der Waals surface area contributed by atoms with E-state index >= 15 is 0 Å². The zero-order valence-electron chi connectivity index (χ0n) is 6.41. The Bertz CT molecular complexity index is 512. The molecule has 1 heterocycles. The topological polar surface area (TPSA) is 44.0 Å². The Labute approximate surface area is 77.5 Å². The van der Waals surface area contributed by atoms with E-state index in [-0.39, 0.29) is 5.75 Å². The molecule has 0 aliphatic carbocycles. The first-order valence-corrected chi connectivity index (χ1v) is 4.34.